The zero-order chi connectivity index (χ0) is 20.2. The van der Waals surface area contributed by atoms with Gasteiger partial charge in [-0.2, -0.15) is 0 Å². The molecule has 2 N–H and O–H groups in total. The molecule has 1 aliphatic rings. The molecule has 1 atom stereocenters. The molecule has 0 aromatic heterocycles. The van der Waals surface area contributed by atoms with E-state index in [1.54, 1.807) is 19.2 Å². The molecule has 0 spiro atoms. The van der Waals surface area contributed by atoms with Crippen LogP contribution >= 0.6 is 0 Å². The number of carbonyl (C=O) groups excluding carboxylic acids is 1. The molecule has 0 heterocycles. The van der Waals surface area contributed by atoms with Crippen LogP contribution in [0.4, 0.5) is 4.79 Å². The first-order valence-electron chi connectivity index (χ1n) is 9.59. The van der Waals surface area contributed by atoms with E-state index in [1.165, 1.54) is 11.1 Å². The van der Waals surface area contributed by atoms with Gasteiger partial charge >= 0.3 is 6.09 Å². The molecule has 148 valence electrons. The van der Waals surface area contributed by atoms with E-state index in [1.807, 2.05) is 36.4 Å². The minimum atomic E-state index is -0.883. The van der Waals surface area contributed by atoms with Crippen LogP contribution in [-0.2, 0) is 4.74 Å². The first-order chi connectivity index (χ1) is 14.2. The summed E-state index contributed by atoms with van der Waals surface area (Å²) in [5.41, 5.74) is 5.31. The number of carbonyl (C=O) groups is 1. The number of aliphatic hydroxyl groups is 1. The Kier molecular flexibility index (Phi) is 5.49. The predicted molar refractivity (Wildman–Crippen MR) is 111 cm³/mol. The molecule has 0 radical (unpaired) electrons. The molecule has 3 aromatic carbocycles. The maximum atomic E-state index is 12.2. The number of fused-ring (bicyclic) bond motifs is 3. The molecule has 0 aliphatic heterocycles. The van der Waals surface area contributed by atoms with E-state index in [9.17, 15) is 9.90 Å². The third-order valence-corrected chi connectivity index (χ3v) is 5.28. The number of hydrogen-bond donors (Lipinski definition) is 2. The Labute approximate surface area is 169 Å². The molecule has 0 saturated heterocycles. The number of aliphatic hydroxyl groups excluding tert-OH is 1. The van der Waals surface area contributed by atoms with Gasteiger partial charge in [0, 0.05) is 11.5 Å². The van der Waals surface area contributed by atoms with Gasteiger partial charge in [-0.25, -0.2) is 4.79 Å². The summed E-state index contributed by atoms with van der Waals surface area (Å²) in [5.74, 6) is 0.585. The van der Waals surface area contributed by atoms with Crippen molar-refractivity contribution in [3.63, 3.8) is 0 Å². The fourth-order valence-corrected chi connectivity index (χ4v) is 3.88. The number of alkyl carbamates (subject to hydrolysis) is 1. The van der Waals surface area contributed by atoms with E-state index < -0.39 is 12.2 Å². The van der Waals surface area contributed by atoms with Crippen molar-refractivity contribution < 1.29 is 19.4 Å². The van der Waals surface area contributed by atoms with E-state index in [2.05, 4.69) is 29.6 Å². The molecule has 3 aromatic rings. The third kappa shape index (κ3) is 3.82. The van der Waals surface area contributed by atoms with E-state index in [0.29, 0.717) is 11.3 Å². The van der Waals surface area contributed by atoms with Crippen LogP contribution in [0.2, 0.25) is 0 Å². The molecular formula is C24H23NO4. The van der Waals surface area contributed by atoms with Gasteiger partial charge in [0.2, 0.25) is 0 Å². The van der Waals surface area contributed by atoms with E-state index in [4.69, 9.17) is 9.47 Å². The fraction of sp³-hybridized carbons (Fsp3) is 0.208. The number of hydrogen-bond acceptors (Lipinski definition) is 4. The number of nitrogens with one attached hydrogen (secondary N) is 1. The normalized spacial score (nSPS) is 13.3. The Hall–Kier alpha value is -3.31. The Morgan fingerprint density at radius 3 is 2.21 bits per heavy atom. The first-order valence-corrected chi connectivity index (χ1v) is 9.59. The van der Waals surface area contributed by atoms with Crippen molar-refractivity contribution in [2.75, 3.05) is 20.3 Å². The SMILES string of the molecule is COc1ccccc1[C@@H](O)CNC(=O)OCC1c2ccccc2-c2ccccc21. The molecular weight excluding hydrogens is 366 g/mol. The summed E-state index contributed by atoms with van der Waals surface area (Å²) in [7, 11) is 1.55. The van der Waals surface area contributed by atoms with Crippen molar-refractivity contribution in [3.8, 4) is 16.9 Å². The second kappa shape index (κ2) is 8.37. The molecule has 0 fully saturated rings. The predicted octanol–water partition coefficient (Wildman–Crippen LogP) is 4.27. The largest absolute Gasteiger partial charge is 0.496 e. The highest BCUT2D eigenvalue weighted by atomic mass is 16.5. The summed E-state index contributed by atoms with van der Waals surface area (Å²) in [5, 5.41) is 13.0. The van der Waals surface area contributed by atoms with Gasteiger partial charge in [-0.3, -0.25) is 0 Å². The van der Waals surface area contributed by atoms with Gasteiger partial charge in [0.15, 0.2) is 0 Å². The summed E-state index contributed by atoms with van der Waals surface area (Å²) >= 11 is 0. The number of ether oxygens (including phenoxy) is 2. The summed E-state index contributed by atoms with van der Waals surface area (Å²) in [6.45, 7) is 0.279. The third-order valence-electron chi connectivity index (χ3n) is 5.28. The van der Waals surface area contributed by atoms with E-state index in [-0.39, 0.29) is 19.1 Å². The molecule has 5 heteroatoms. The number of rotatable bonds is 6. The summed E-state index contributed by atoms with van der Waals surface area (Å²) in [4.78, 5) is 12.2. The Bertz CT molecular complexity index is 972. The van der Waals surface area contributed by atoms with Crippen molar-refractivity contribution in [1.82, 2.24) is 5.32 Å². The first kappa shape index (κ1) is 19.0. The Morgan fingerprint density at radius 1 is 0.966 bits per heavy atom. The van der Waals surface area contributed by atoms with E-state index >= 15 is 0 Å². The molecule has 4 rings (SSSR count). The molecule has 0 saturated carbocycles. The molecule has 5 nitrogen and oxygen atoms in total. The van der Waals surface area contributed by atoms with Crippen LogP contribution in [0.5, 0.6) is 5.75 Å². The molecule has 0 bridgehead atoms. The maximum absolute atomic E-state index is 12.2. The van der Waals surface area contributed by atoms with Gasteiger partial charge in [0.05, 0.1) is 19.8 Å². The lowest BCUT2D eigenvalue weighted by atomic mass is 9.98. The van der Waals surface area contributed by atoms with Crippen molar-refractivity contribution in [2.45, 2.75) is 12.0 Å². The van der Waals surface area contributed by atoms with Gasteiger partial charge in [-0.1, -0.05) is 66.7 Å². The van der Waals surface area contributed by atoms with Crippen molar-refractivity contribution >= 4 is 6.09 Å². The topological polar surface area (TPSA) is 67.8 Å². The number of benzene rings is 3. The highest BCUT2D eigenvalue weighted by Gasteiger charge is 2.29. The number of methoxy groups -OCH3 is 1. The maximum Gasteiger partial charge on any atom is 0.407 e. The summed E-state index contributed by atoms with van der Waals surface area (Å²) in [6, 6.07) is 23.6. The zero-order valence-electron chi connectivity index (χ0n) is 16.2. The minimum absolute atomic E-state index is 0.00675. The molecule has 29 heavy (non-hydrogen) atoms. The van der Waals surface area contributed by atoms with Gasteiger partial charge in [-0.05, 0) is 28.3 Å². The molecule has 0 unspecified atom stereocenters. The lowest BCUT2D eigenvalue weighted by molar-refractivity contribution is 0.128. The fourth-order valence-electron chi connectivity index (χ4n) is 3.88. The number of amides is 1. The number of para-hydroxylation sites is 1. The quantitative estimate of drug-likeness (QED) is 0.661. The minimum Gasteiger partial charge on any atom is -0.496 e. The molecule has 1 amide bonds. The Balaban J connectivity index is 1.38. The molecule has 1 aliphatic carbocycles. The lowest BCUT2D eigenvalue weighted by Gasteiger charge is -2.17. The standard InChI is InChI=1S/C24H23NO4/c1-28-23-13-7-6-12-20(23)22(26)14-25-24(27)29-15-21-18-10-4-2-8-16(18)17-9-3-5-11-19(17)21/h2-13,21-22,26H,14-15H2,1H3,(H,25,27)/t22-/m0/s1. The smallest absolute Gasteiger partial charge is 0.407 e. The van der Waals surface area contributed by atoms with Crippen molar-refractivity contribution in [1.29, 1.82) is 0 Å². The van der Waals surface area contributed by atoms with Crippen LogP contribution in [0.25, 0.3) is 11.1 Å². The van der Waals surface area contributed by atoms with Crippen LogP contribution < -0.4 is 10.1 Å². The highest BCUT2D eigenvalue weighted by molar-refractivity contribution is 5.79. The summed E-state index contributed by atoms with van der Waals surface area (Å²) < 4.78 is 10.7. The van der Waals surface area contributed by atoms with Gasteiger partial charge in [-0.15, -0.1) is 0 Å². The van der Waals surface area contributed by atoms with Crippen molar-refractivity contribution in [3.05, 3.63) is 89.5 Å². The average Bonchev–Trinajstić information content (AvgIpc) is 3.09. The zero-order valence-corrected chi connectivity index (χ0v) is 16.2. The second-order valence-corrected chi connectivity index (χ2v) is 6.96. The van der Waals surface area contributed by atoms with Crippen LogP contribution in [0, 0.1) is 0 Å². The monoisotopic (exact) mass is 389 g/mol. The second-order valence-electron chi connectivity index (χ2n) is 6.96. The highest BCUT2D eigenvalue weighted by Crippen LogP contribution is 2.44. The van der Waals surface area contributed by atoms with Crippen LogP contribution in [0.1, 0.15) is 28.7 Å². The van der Waals surface area contributed by atoms with Crippen LogP contribution in [0.15, 0.2) is 72.8 Å². The Morgan fingerprint density at radius 2 is 1.55 bits per heavy atom. The van der Waals surface area contributed by atoms with Crippen molar-refractivity contribution in [2.24, 2.45) is 0 Å². The van der Waals surface area contributed by atoms with E-state index in [0.717, 1.165) is 11.1 Å². The van der Waals surface area contributed by atoms with Gasteiger partial charge in [0.25, 0.3) is 0 Å². The van der Waals surface area contributed by atoms with Crippen LogP contribution in [-0.4, -0.2) is 31.5 Å². The average molecular weight is 389 g/mol. The summed E-state index contributed by atoms with van der Waals surface area (Å²) in [6.07, 6.45) is -1.44. The van der Waals surface area contributed by atoms with Crippen LogP contribution in [0.3, 0.4) is 0 Å². The van der Waals surface area contributed by atoms with Gasteiger partial charge < -0.3 is 19.9 Å². The van der Waals surface area contributed by atoms with Gasteiger partial charge in [0.1, 0.15) is 12.4 Å². The lowest BCUT2D eigenvalue weighted by Crippen LogP contribution is -2.30.